The molecule has 0 radical (unpaired) electrons. The minimum atomic E-state index is -0.402. The molecule has 0 bridgehead atoms. The molecule has 0 aliphatic carbocycles. The van der Waals surface area contributed by atoms with E-state index in [0.29, 0.717) is 21.5 Å². The van der Waals surface area contributed by atoms with Crippen molar-refractivity contribution >= 4 is 33.4 Å². The molecule has 0 heterocycles. The van der Waals surface area contributed by atoms with Crippen molar-refractivity contribution in [3.63, 3.8) is 0 Å². The zero-order chi connectivity index (χ0) is 17.7. The third-order valence-corrected chi connectivity index (χ3v) is 3.67. The van der Waals surface area contributed by atoms with E-state index < -0.39 is 5.82 Å². The molecule has 2 amide bonds. The first-order chi connectivity index (χ1) is 11.4. The largest absolute Gasteiger partial charge is 0.483 e. The average Bonchev–Trinajstić information content (AvgIpc) is 2.53. The fraction of sp³-hybridized carbons (Fsp3) is 0.176. The van der Waals surface area contributed by atoms with E-state index in [1.807, 2.05) is 0 Å². The summed E-state index contributed by atoms with van der Waals surface area (Å²) < 4.78 is 18.8. The van der Waals surface area contributed by atoms with Crippen molar-refractivity contribution in [1.82, 2.24) is 4.90 Å². The Morgan fingerprint density at radius 3 is 2.62 bits per heavy atom. The van der Waals surface area contributed by atoms with Crippen LogP contribution in [0.3, 0.4) is 0 Å². The fourth-order valence-corrected chi connectivity index (χ4v) is 2.39. The second kappa shape index (κ2) is 7.92. The first kappa shape index (κ1) is 17.9. The number of carbonyl (C=O) groups excluding carboxylic acids is 2. The maximum Gasteiger partial charge on any atom is 0.262 e. The van der Waals surface area contributed by atoms with Gasteiger partial charge < -0.3 is 15.0 Å². The molecule has 0 aliphatic heterocycles. The lowest BCUT2D eigenvalue weighted by atomic mass is 10.2. The SMILES string of the molecule is CN(C)C(=O)c1cccc(NC(=O)COc2ccc(F)cc2Br)c1. The molecule has 2 aromatic rings. The second-order valence-corrected chi connectivity index (χ2v) is 6.05. The summed E-state index contributed by atoms with van der Waals surface area (Å²) in [4.78, 5) is 25.3. The first-order valence-corrected chi connectivity index (χ1v) is 7.85. The summed E-state index contributed by atoms with van der Waals surface area (Å²) in [5.74, 6) is -0.581. The lowest BCUT2D eigenvalue weighted by Gasteiger charge is -2.12. The fourth-order valence-electron chi connectivity index (χ4n) is 1.92. The van der Waals surface area contributed by atoms with Crippen molar-refractivity contribution in [2.45, 2.75) is 0 Å². The summed E-state index contributed by atoms with van der Waals surface area (Å²) >= 11 is 3.16. The smallest absolute Gasteiger partial charge is 0.262 e. The number of rotatable bonds is 5. The molecule has 0 aliphatic rings. The number of ether oxygens (including phenoxy) is 1. The summed E-state index contributed by atoms with van der Waals surface area (Å²) in [5, 5.41) is 2.65. The van der Waals surface area contributed by atoms with Gasteiger partial charge in [0.15, 0.2) is 6.61 Å². The molecule has 2 rings (SSSR count). The van der Waals surface area contributed by atoms with Crippen LogP contribution in [0, 0.1) is 5.82 Å². The van der Waals surface area contributed by atoms with E-state index in [0.717, 1.165) is 0 Å². The Bertz CT molecular complexity index is 765. The molecule has 5 nitrogen and oxygen atoms in total. The summed E-state index contributed by atoms with van der Waals surface area (Å²) in [7, 11) is 3.31. The quantitative estimate of drug-likeness (QED) is 0.845. The van der Waals surface area contributed by atoms with Gasteiger partial charge in [0.05, 0.1) is 4.47 Å². The maximum absolute atomic E-state index is 13.0. The van der Waals surface area contributed by atoms with E-state index in [2.05, 4.69) is 21.2 Å². The van der Waals surface area contributed by atoms with Crippen LogP contribution in [-0.2, 0) is 4.79 Å². The molecule has 0 unspecified atom stereocenters. The van der Waals surface area contributed by atoms with Crippen LogP contribution in [0.25, 0.3) is 0 Å². The number of nitrogens with one attached hydrogen (secondary N) is 1. The van der Waals surface area contributed by atoms with Crippen molar-refractivity contribution in [3.8, 4) is 5.75 Å². The van der Waals surface area contributed by atoms with E-state index in [4.69, 9.17) is 4.74 Å². The van der Waals surface area contributed by atoms with Crippen LogP contribution in [0.5, 0.6) is 5.75 Å². The number of nitrogens with zero attached hydrogens (tertiary/aromatic N) is 1. The van der Waals surface area contributed by atoms with Gasteiger partial charge in [-0.3, -0.25) is 9.59 Å². The molecule has 0 spiro atoms. The summed E-state index contributed by atoms with van der Waals surface area (Å²) in [6.45, 7) is -0.240. The van der Waals surface area contributed by atoms with Crippen molar-refractivity contribution < 1.29 is 18.7 Å². The molecule has 0 aromatic heterocycles. The Morgan fingerprint density at radius 1 is 1.21 bits per heavy atom. The minimum absolute atomic E-state index is 0.155. The van der Waals surface area contributed by atoms with Crippen LogP contribution in [0.15, 0.2) is 46.9 Å². The molecule has 24 heavy (non-hydrogen) atoms. The van der Waals surface area contributed by atoms with E-state index in [-0.39, 0.29) is 18.4 Å². The number of amides is 2. The van der Waals surface area contributed by atoms with Crippen LogP contribution in [-0.4, -0.2) is 37.4 Å². The van der Waals surface area contributed by atoms with Crippen molar-refractivity contribution in [3.05, 3.63) is 58.3 Å². The monoisotopic (exact) mass is 394 g/mol. The van der Waals surface area contributed by atoms with Crippen molar-refractivity contribution in [2.24, 2.45) is 0 Å². The van der Waals surface area contributed by atoms with Gasteiger partial charge in [-0.05, 0) is 52.3 Å². The second-order valence-electron chi connectivity index (χ2n) is 5.19. The van der Waals surface area contributed by atoms with E-state index in [1.165, 1.54) is 23.1 Å². The number of anilines is 1. The lowest BCUT2D eigenvalue weighted by molar-refractivity contribution is -0.118. The number of carbonyl (C=O) groups is 2. The van der Waals surface area contributed by atoms with Gasteiger partial charge >= 0.3 is 0 Å². The Kier molecular flexibility index (Phi) is 5.92. The Balaban J connectivity index is 1.97. The normalized spacial score (nSPS) is 10.2. The van der Waals surface area contributed by atoms with Gasteiger partial charge in [0.1, 0.15) is 11.6 Å². The molecule has 1 N–H and O–H groups in total. The van der Waals surface area contributed by atoms with Crippen LogP contribution in [0.4, 0.5) is 10.1 Å². The van der Waals surface area contributed by atoms with E-state index >= 15 is 0 Å². The molecular formula is C17H16BrFN2O3. The molecule has 7 heteroatoms. The number of halogens is 2. The number of benzene rings is 2. The predicted molar refractivity (Wildman–Crippen MR) is 92.7 cm³/mol. The molecule has 0 atom stereocenters. The first-order valence-electron chi connectivity index (χ1n) is 7.06. The van der Waals surface area contributed by atoms with Crippen molar-refractivity contribution in [2.75, 3.05) is 26.0 Å². The zero-order valence-corrected chi connectivity index (χ0v) is 14.8. The molecule has 0 saturated heterocycles. The number of hydrogen-bond acceptors (Lipinski definition) is 3. The van der Waals surface area contributed by atoms with Crippen LogP contribution >= 0.6 is 15.9 Å². The van der Waals surface area contributed by atoms with Gasteiger partial charge in [0, 0.05) is 25.3 Å². The Hall–Kier alpha value is -2.41. The van der Waals surface area contributed by atoms with E-state index in [9.17, 15) is 14.0 Å². The highest BCUT2D eigenvalue weighted by Gasteiger charge is 2.10. The Morgan fingerprint density at radius 2 is 1.96 bits per heavy atom. The number of hydrogen-bond donors (Lipinski definition) is 1. The van der Waals surface area contributed by atoms with Crippen LogP contribution < -0.4 is 10.1 Å². The van der Waals surface area contributed by atoms with Crippen molar-refractivity contribution in [1.29, 1.82) is 0 Å². The van der Waals surface area contributed by atoms with Gasteiger partial charge in [-0.1, -0.05) is 6.07 Å². The lowest BCUT2D eigenvalue weighted by Crippen LogP contribution is -2.23. The van der Waals surface area contributed by atoms with Gasteiger partial charge in [0.2, 0.25) is 0 Å². The summed E-state index contributed by atoms with van der Waals surface area (Å²) in [6, 6.07) is 10.6. The third kappa shape index (κ3) is 4.79. The van der Waals surface area contributed by atoms with Gasteiger partial charge in [-0.2, -0.15) is 0 Å². The van der Waals surface area contributed by atoms with Gasteiger partial charge in [-0.15, -0.1) is 0 Å². The predicted octanol–water partition coefficient (Wildman–Crippen LogP) is 3.31. The van der Waals surface area contributed by atoms with E-state index in [1.54, 1.807) is 38.4 Å². The molecule has 0 fully saturated rings. The highest BCUT2D eigenvalue weighted by molar-refractivity contribution is 9.10. The molecule has 0 saturated carbocycles. The third-order valence-electron chi connectivity index (χ3n) is 3.05. The summed E-state index contributed by atoms with van der Waals surface area (Å²) in [5.41, 5.74) is 0.967. The zero-order valence-electron chi connectivity index (χ0n) is 13.2. The minimum Gasteiger partial charge on any atom is -0.483 e. The van der Waals surface area contributed by atoms with Gasteiger partial charge in [0.25, 0.3) is 11.8 Å². The summed E-state index contributed by atoms with van der Waals surface area (Å²) in [6.07, 6.45) is 0. The van der Waals surface area contributed by atoms with Gasteiger partial charge in [-0.25, -0.2) is 4.39 Å². The average molecular weight is 395 g/mol. The molecular weight excluding hydrogens is 379 g/mol. The molecule has 126 valence electrons. The van der Waals surface area contributed by atoms with Crippen LogP contribution in [0.1, 0.15) is 10.4 Å². The topological polar surface area (TPSA) is 58.6 Å². The Labute approximate surface area is 147 Å². The maximum atomic E-state index is 13.0. The molecule has 2 aromatic carbocycles. The standard InChI is InChI=1S/C17H16BrFN2O3/c1-21(2)17(23)11-4-3-5-13(8-11)20-16(22)10-24-15-7-6-12(19)9-14(15)18/h3-9H,10H2,1-2H3,(H,20,22). The highest BCUT2D eigenvalue weighted by atomic mass is 79.9. The van der Waals surface area contributed by atoms with Crippen LogP contribution in [0.2, 0.25) is 0 Å². The highest BCUT2D eigenvalue weighted by Crippen LogP contribution is 2.25.